The van der Waals surface area contributed by atoms with Crippen molar-refractivity contribution in [3.8, 4) is 0 Å². The molecule has 3 aromatic carbocycles. The lowest BCUT2D eigenvalue weighted by atomic mass is 9.80. The fourth-order valence-electron chi connectivity index (χ4n) is 5.28. The summed E-state index contributed by atoms with van der Waals surface area (Å²) in [6.45, 7) is 4.65. The second-order valence-corrected chi connectivity index (χ2v) is 7.36. The number of methoxy groups -OCH3 is 1. The third kappa shape index (κ3) is 1.82. The van der Waals surface area contributed by atoms with Crippen molar-refractivity contribution in [1.82, 2.24) is 0 Å². The maximum absolute atomic E-state index is 6.37. The summed E-state index contributed by atoms with van der Waals surface area (Å²) in [7, 11) is 1.85. The third-order valence-corrected chi connectivity index (χ3v) is 6.18. The van der Waals surface area contributed by atoms with Gasteiger partial charge in [-0.3, -0.25) is 0 Å². The van der Waals surface area contributed by atoms with Crippen LogP contribution in [0.1, 0.15) is 30.5 Å². The second-order valence-electron chi connectivity index (χ2n) is 7.36. The zero-order valence-electron chi connectivity index (χ0n) is 15.1. The standard InChI is InChI=1S/C24H24O/c1-22(2)23(19-13-7-4-8-14-19,20-15-9-5-10-16-20)24(22,25-3)21-17-11-6-12-18-21/h4-18H,1-3H3/t24-/m1/s1. The number of hydrogen-bond acceptors (Lipinski definition) is 1. The van der Waals surface area contributed by atoms with Gasteiger partial charge in [0.2, 0.25) is 0 Å². The van der Waals surface area contributed by atoms with Gasteiger partial charge in [-0.2, -0.15) is 0 Å². The lowest BCUT2D eigenvalue weighted by molar-refractivity contribution is 0.0376. The Bertz CT molecular complexity index is 813. The van der Waals surface area contributed by atoms with Crippen molar-refractivity contribution in [1.29, 1.82) is 0 Å². The lowest BCUT2D eigenvalue weighted by Crippen LogP contribution is -2.25. The van der Waals surface area contributed by atoms with Crippen LogP contribution in [0.5, 0.6) is 0 Å². The number of benzene rings is 3. The maximum Gasteiger partial charge on any atom is 0.113 e. The summed E-state index contributed by atoms with van der Waals surface area (Å²) in [6, 6.07) is 32.2. The van der Waals surface area contributed by atoms with E-state index in [2.05, 4.69) is 105 Å². The molecule has 1 saturated carbocycles. The van der Waals surface area contributed by atoms with Crippen LogP contribution in [-0.2, 0) is 15.8 Å². The molecule has 0 bridgehead atoms. The van der Waals surface area contributed by atoms with Crippen LogP contribution in [0.4, 0.5) is 0 Å². The molecule has 1 aliphatic carbocycles. The predicted octanol–water partition coefficient (Wildman–Crippen LogP) is 5.55. The Hall–Kier alpha value is -2.38. The molecule has 0 aromatic heterocycles. The molecule has 1 heteroatoms. The first kappa shape index (κ1) is 16.1. The summed E-state index contributed by atoms with van der Waals surface area (Å²) in [5.74, 6) is 0. The first-order chi connectivity index (χ1) is 12.1. The molecule has 0 aliphatic heterocycles. The smallest absolute Gasteiger partial charge is 0.113 e. The molecule has 25 heavy (non-hydrogen) atoms. The topological polar surface area (TPSA) is 9.23 Å². The number of rotatable bonds is 4. The van der Waals surface area contributed by atoms with E-state index >= 15 is 0 Å². The highest BCUT2D eigenvalue weighted by molar-refractivity contribution is 5.61. The first-order valence-electron chi connectivity index (χ1n) is 8.84. The van der Waals surface area contributed by atoms with Gasteiger partial charge in [-0.15, -0.1) is 0 Å². The summed E-state index contributed by atoms with van der Waals surface area (Å²) in [5, 5.41) is 0. The molecule has 0 amide bonds. The van der Waals surface area contributed by atoms with E-state index in [1.54, 1.807) is 0 Å². The van der Waals surface area contributed by atoms with Crippen molar-refractivity contribution in [3.63, 3.8) is 0 Å². The van der Waals surface area contributed by atoms with Crippen LogP contribution in [0.25, 0.3) is 0 Å². The third-order valence-electron chi connectivity index (χ3n) is 6.18. The normalized spacial score (nSPS) is 23.2. The monoisotopic (exact) mass is 328 g/mol. The first-order valence-corrected chi connectivity index (χ1v) is 8.84. The molecule has 1 aliphatic rings. The Morgan fingerprint density at radius 2 is 0.920 bits per heavy atom. The van der Waals surface area contributed by atoms with Gasteiger partial charge in [0.1, 0.15) is 5.60 Å². The molecule has 0 heterocycles. The summed E-state index contributed by atoms with van der Waals surface area (Å²) in [5.41, 5.74) is 3.13. The summed E-state index contributed by atoms with van der Waals surface area (Å²) < 4.78 is 6.37. The second kappa shape index (κ2) is 5.57. The van der Waals surface area contributed by atoms with Crippen molar-refractivity contribution < 1.29 is 4.74 Å². The van der Waals surface area contributed by atoms with Crippen molar-refractivity contribution in [2.24, 2.45) is 5.41 Å². The van der Waals surface area contributed by atoms with Gasteiger partial charge < -0.3 is 4.74 Å². The van der Waals surface area contributed by atoms with E-state index in [1.807, 2.05) is 7.11 Å². The molecule has 0 saturated heterocycles. The van der Waals surface area contributed by atoms with Crippen LogP contribution in [0, 0.1) is 5.41 Å². The molecule has 4 rings (SSSR count). The molecular formula is C24H24O. The average Bonchev–Trinajstić information content (AvgIpc) is 3.15. The SMILES string of the molecule is CO[C@]1(c2ccccc2)C(C)(C)C1(c1ccccc1)c1ccccc1. The molecule has 1 atom stereocenters. The van der Waals surface area contributed by atoms with Crippen LogP contribution < -0.4 is 0 Å². The molecule has 3 aromatic rings. The summed E-state index contributed by atoms with van der Waals surface area (Å²) in [6.07, 6.45) is 0. The van der Waals surface area contributed by atoms with Gasteiger partial charge in [0.15, 0.2) is 0 Å². The zero-order valence-corrected chi connectivity index (χ0v) is 15.1. The minimum Gasteiger partial charge on any atom is -0.372 e. The van der Waals surface area contributed by atoms with E-state index in [0.717, 1.165) is 0 Å². The van der Waals surface area contributed by atoms with Crippen molar-refractivity contribution in [2.45, 2.75) is 24.9 Å². The van der Waals surface area contributed by atoms with Crippen molar-refractivity contribution in [2.75, 3.05) is 7.11 Å². The number of ether oxygens (including phenoxy) is 1. The molecule has 0 N–H and O–H groups in total. The molecule has 0 spiro atoms. The Morgan fingerprint density at radius 1 is 0.560 bits per heavy atom. The molecule has 0 unspecified atom stereocenters. The highest BCUT2D eigenvalue weighted by Crippen LogP contribution is 2.81. The fraction of sp³-hybridized carbons (Fsp3) is 0.250. The summed E-state index contributed by atoms with van der Waals surface area (Å²) >= 11 is 0. The van der Waals surface area contributed by atoms with Gasteiger partial charge >= 0.3 is 0 Å². The van der Waals surface area contributed by atoms with E-state index in [0.29, 0.717) is 0 Å². The minimum absolute atomic E-state index is 0.0845. The van der Waals surface area contributed by atoms with Crippen LogP contribution in [0.15, 0.2) is 91.0 Å². The van der Waals surface area contributed by atoms with Crippen molar-refractivity contribution >= 4 is 0 Å². The molecule has 0 radical (unpaired) electrons. The number of hydrogen-bond donors (Lipinski definition) is 0. The van der Waals surface area contributed by atoms with Gasteiger partial charge in [0, 0.05) is 12.5 Å². The summed E-state index contributed by atoms with van der Waals surface area (Å²) in [4.78, 5) is 0. The molecule has 1 nitrogen and oxygen atoms in total. The van der Waals surface area contributed by atoms with Crippen LogP contribution >= 0.6 is 0 Å². The molecule has 126 valence electrons. The van der Waals surface area contributed by atoms with Crippen LogP contribution in [-0.4, -0.2) is 7.11 Å². The van der Waals surface area contributed by atoms with E-state index < -0.39 is 5.60 Å². The van der Waals surface area contributed by atoms with Crippen molar-refractivity contribution in [3.05, 3.63) is 108 Å². The van der Waals surface area contributed by atoms with E-state index in [1.165, 1.54) is 16.7 Å². The van der Waals surface area contributed by atoms with Gasteiger partial charge in [0.05, 0.1) is 5.41 Å². The van der Waals surface area contributed by atoms with Gasteiger partial charge in [-0.05, 0) is 16.7 Å². The van der Waals surface area contributed by atoms with E-state index in [9.17, 15) is 0 Å². The Kier molecular flexibility index (Phi) is 3.59. The van der Waals surface area contributed by atoms with E-state index in [-0.39, 0.29) is 10.8 Å². The quantitative estimate of drug-likeness (QED) is 0.610. The average molecular weight is 328 g/mol. The Morgan fingerprint density at radius 3 is 1.28 bits per heavy atom. The van der Waals surface area contributed by atoms with Gasteiger partial charge in [0.25, 0.3) is 0 Å². The lowest BCUT2D eigenvalue weighted by Gasteiger charge is -2.26. The van der Waals surface area contributed by atoms with Gasteiger partial charge in [-0.1, -0.05) is 105 Å². The molecular weight excluding hydrogens is 304 g/mol. The van der Waals surface area contributed by atoms with Gasteiger partial charge in [-0.25, -0.2) is 0 Å². The zero-order chi connectivity index (χ0) is 17.5. The molecule has 1 fully saturated rings. The fourth-order valence-corrected chi connectivity index (χ4v) is 5.28. The largest absolute Gasteiger partial charge is 0.372 e. The van der Waals surface area contributed by atoms with Crippen LogP contribution in [0.2, 0.25) is 0 Å². The highest BCUT2D eigenvalue weighted by Gasteiger charge is 2.85. The Balaban J connectivity index is 2.06. The highest BCUT2D eigenvalue weighted by atomic mass is 16.5. The minimum atomic E-state index is -0.399. The maximum atomic E-state index is 6.37. The predicted molar refractivity (Wildman–Crippen MR) is 103 cm³/mol. The van der Waals surface area contributed by atoms with E-state index in [4.69, 9.17) is 4.74 Å². The Labute approximate surface area is 150 Å². The van der Waals surface area contributed by atoms with Crippen LogP contribution in [0.3, 0.4) is 0 Å².